The van der Waals surface area contributed by atoms with Gasteiger partial charge in [-0.25, -0.2) is 4.98 Å². The molecule has 0 unspecified atom stereocenters. The van der Waals surface area contributed by atoms with Crippen LogP contribution in [0.25, 0.3) is 23.1 Å². The molecular weight excluding hydrogens is 404 g/mol. The number of allylic oxidation sites excluding steroid dienone is 2. The largest absolute Gasteiger partial charge is 0.496 e. The van der Waals surface area contributed by atoms with Crippen molar-refractivity contribution in [1.29, 1.82) is 0 Å². The van der Waals surface area contributed by atoms with E-state index < -0.39 is 0 Å². The normalized spacial score (nSPS) is 11.6. The Morgan fingerprint density at radius 3 is 2.77 bits per heavy atom. The number of thiazole rings is 1. The molecule has 0 aliphatic carbocycles. The molecule has 0 atom stereocenters. The van der Waals surface area contributed by atoms with Crippen molar-refractivity contribution in [2.45, 2.75) is 25.9 Å². The van der Waals surface area contributed by atoms with Gasteiger partial charge in [-0.2, -0.15) is 0 Å². The second-order valence-electron chi connectivity index (χ2n) is 7.18. The number of benzene rings is 2. The topological polar surface area (TPSA) is 47.1 Å². The van der Waals surface area contributed by atoms with E-state index in [1.807, 2.05) is 29.8 Å². The first-order valence-electron chi connectivity index (χ1n) is 10.4. The van der Waals surface area contributed by atoms with Crippen LogP contribution in [0.2, 0.25) is 0 Å². The van der Waals surface area contributed by atoms with Crippen molar-refractivity contribution in [3.63, 3.8) is 0 Å². The number of rotatable bonds is 10. The quantitative estimate of drug-likeness (QED) is 0.273. The molecule has 0 aliphatic heterocycles. The lowest BCUT2D eigenvalue weighted by Crippen LogP contribution is -1.95. The van der Waals surface area contributed by atoms with E-state index in [0.717, 1.165) is 41.3 Å². The molecule has 5 heteroatoms. The first-order valence-corrected chi connectivity index (χ1v) is 11.3. The standard InChI is InChI=1S/C26H26N2O2S/c1-29-25-18-23(30-19-26-28-15-16-31-26)12-11-22(25)8-6-4-2-3-5-7-20-9-10-21-13-14-27-24(21)17-20/h5-18,27H,2-4,19H2,1H3/b7-5+,8-6+. The lowest BCUT2D eigenvalue weighted by atomic mass is 10.1. The first-order chi connectivity index (χ1) is 15.3. The number of aromatic amines is 1. The number of ether oxygens (including phenoxy) is 2. The van der Waals surface area contributed by atoms with E-state index in [4.69, 9.17) is 9.47 Å². The van der Waals surface area contributed by atoms with Gasteiger partial charge in [0.05, 0.1) is 7.11 Å². The van der Waals surface area contributed by atoms with E-state index in [2.05, 4.69) is 58.5 Å². The molecule has 0 fully saturated rings. The molecule has 158 valence electrons. The molecule has 31 heavy (non-hydrogen) atoms. The van der Waals surface area contributed by atoms with Gasteiger partial charge in [0.2, 0.25) is 0 Å². The smallest absolute Gasteiger partial charge is 0.140 e. The van der Waals surface area contributed by atoms with Crippen LogP contribution in [0.1, 0.15) is 35.4 Å². The number of nitrogens with one attached hydrogen (secondary N) is 1. The van der Waals surface area contributed by atoms with Crippen LogP contribution < -0.4 is 9.47 Å². The molecule has 0 spiro atoms. The summed E-state index contributed by atoms with van der Waals surface area (Å²) in [7, 11) is 1.69. The Hall–Kier alpha value is -3.31. The van der Waals surface area contributed by atoms with Crippen molar-refractivity contribution in [1.82, 2.24) is 9.97 Å². The average Bonchev–Trinajstić information content (AvgIpc) is 3.49. The van der Waals surface area contributed by atoms with Crippen LogP contribution in [0.15, 0.2) is 72.4 Å². The number of nitrogens with zero attached hydrogens (tertiary/aromatic N) is 1. The second kappa shape index (κ2) is 10.6. The Morgan fingerprint density at radius 1 is 1.03 bits per heavy atom. The fraction of sp³-hybridized carbons (Fsp3) is 0.192. The molecule has 0 saturated carbocycles. The number of fused-ring (bicyclic) bond motifs is 1. The van der Waals surface area contributed by atoms with Gasteiger partial charge in [0, 0.05) is 34.9 Å². The summed E-state index contributed by atoms with van der Waals surface area (Å²) in [5, 5.41) is 4.16. The van der Waals surface area contributed by atoms with E-state index in [9.17, 15) is 0 Å². The van der Waals surface area contributed by atoms with Crippen molar-refractivity contribution in [2.75, 3.05) is 7.11 Å². The third-order valence-corrected chi connectivity index (χ3v) is 5.73. The molecule has 4 nitrogen and oxygen atoms in total. The molecule has 1 N–H and O–H groups in total. The van der Waals surface area contributed by atoms with Crippen molar-refractivity contribution in [3.8, 4) is 11.5 Å². The summed E-state index contributed by atoms with van der Waals surface area (Å²) in [4.78, 5) is 7.49. The van der Waals surface area contributed by atoms with Crippen LogP contribution in [0, 0.1) is 0 Å². The minimum Gasteiger partial charge on any atom is -0.496 e. The van der Waals surface area contributed by atoms with E-state index in [0.29, 0.717) is 6.61 Å². The maximum absolute atomic E-state index is 5.81. The van der Waals surface area contributed by atoms with Crippen molar-refractivity contribution in [3.05, 3.63) is 88.5 Å². The van der Waals surface area contributed by atoms with Crippen LogP contribution in [0.5, 0.6) is 11.5 Å². The Balaban J connectivity index is 1.24. The van der Waals surface area contributed by atoms with Gasteiger partial charge in [0.15, 0.2) is 0 Å². The number of hydrogen-bond acceptors (Lipinski definition) is 4. The molecule has 2 heterocycles. The van der Waals surface area contributed by atoms with Gasteiger partial charge in [0.1, 0.15) is 23.1 Å². The maximum Gasteiger partial charge on any atom is 0.140 e. The molecule has 0 aliphatic rings. The number of aromatic nitrogens is 2. The Bertz CT molecular complexity index is 1160. The zero-order chi connectivity index (χ0) is 21.3. The highest BCUT2D eigenvalue weighted by Gasteiger charge is 2.04. The third-order valence-electron chi connectivity index (χ3n) is 4.98. The summed E-state index contributed by atoms with van der Waals surface area (Å²) in [6, 6.07) is 14.5. The third kappa shape index (κ3) is 5.86. The predicted octanol–water partition coefficient (Wildman–Crippen LogP) is 7.11. The van der Waals surface area contributed by atoms with Gasteiger partial charge in [-0.05, 0) is 54.5 Å². The van der Waals surface area contributed by atoms with E-state index >= 15 is 0 Å². The first kappa shape index (κ1) is 20.9. The molecule has 4 rings (SSSR count). The Kier molecular flexibility index (Phi) is 7.19. The zero-order valence-corrected chi connectivity index (χ0v) is 18.4. The monoisotopic (exact) mass is 430 g/mol. The lowest BCUT2D eigenvalue weighted by molar-refractivity contribution is 0.303. The number of hydrogen-bond donors (Lipinski definition) is 1. The molecular formula is C26H26N2O2S. The highest BCUT2D eigenvalue weighted by molar-refractivity contribution is 7.09. The highest BCUT2D eigenvalue weighted by atomic mass is 32.1. The molecule has 0 radical (unpaired) electrons. The molecule has 2 aromatic carbocycles. The highest BCUT2D eigenvalue weighted by Crippen LogP contribution is 2.27. The summed E-state index contributed by atoms with van der Waals surface area (Å²) >= 11 is 1.59. The Morgan fingerprint density at radius 2 is 1.94 bits per heavy atom. The van der Waals surface area contributed by atoms with E-state index in [1.165, 1.54) is 16.5 Å². The maximum atomic E-state index is 5.81. The molecule has 2 aromatic heterocycles. The summed E-state index contributed by atoms with van der Waals surface area (Å²) < 4.78 is 11.3. The zero-order valence-electron chi connectivity index (χ0n) is 17.6. The summed E-state index contributed by atoms with van der Waals surface area (Å²) in [6.07, 6.45) is 15.7. The van der Waals surface area contributed by atoms with Crippen LogP contribution >= 0.6 is 11.3 Å². The van der Waals surface area contributed by atoms with Gasteiger partial charge in [-0.1, -0.05) is 36.4 Å². The van der Waals surface area contributed by atoms with E-state index in [1.54, 1.807) is 24.6 Å². The summed E-state index contributed by atoms with van der Waals surface area (Å²) in [6.45, 7) is 0.475. The average molecular weight is 431 g/mol. The van der Waals surface area contributed by atoms with Crippen LogP contribution in [0.3, 0.4) is 0 Å². The number of unbranched alkanes of at least 4 members (excludes halogenated alkanes) is 2. The summed E-state index contributed by atoms with van der Waals surface area (Å²) in [5.74, 6) is 1.60. The minimum atomic E-state index is 0.475. The van der Waals surface area contributed by atoms with Gasteiger partial charge in [0.25, 0.3) is 0 Å². The van der Waals surface area contributed by atoms with Gasteiger partial charge in [-0.15, -0.1) is 11.3 Å². The van der Waals surface area contributed by atoms with Crippen LogP contribution in [-0.4, -0.2) is 17.1 Å². The second-order valence-corrected chi connectivity index (χ2v) is 8.16. The number of methoxy groups -OCH3 is 1. The summed E-state index contributed by atoms with van der Waals surface area (Å²) in [5.41, 5.74) is 3.46. The SMILES string of the molecule is COc1cc(OCc2nccs2)ccc1/C=C/CCC/C=C/c1ccc2cc[nH]c2c1. The fourth-order valence-electron chi connectivity index (χ4n) is 3.34. The van der Waals surface area contributed by atoms with Gasteiger partial charge < -0.3 is 14.5 Å². The van der Waals surface area contributed by atoms with Crippen molar-refractivity contribution >= 4 is 34.4 Å². The van der Waals surface area contributed by atoms with Gasteiger partial charge >= 0.3 is 0 Å². The van der Waals surface area contributed by atoms with Gasteiger partial charge in [-0.3, -0.25) is 0 Å². The van der Waals surface area contributed by atoms with Crippen molar-refractivity contribution in [2.24, 2.45) is 0 Å². The Labute approximate surface area is 186 Å². The molecule has 0 bridgehead atoms. The molecule has 0 saturated heterocycles. The predicted molar refractivity (Wildman–Crippen MR) is 130 cm³/mol. The fourth-order valence-corrected chi connectivity index (χ4v) is 3.87. The molecule has 4 aromatic rings. The number of H-pyrrole nitrogens is 1. The van der Waals surface area contributed by atoms with Crippen LogP contribution in [0.4, 0.5) is 0 Å². The molecule has 0 amide bonds. The lowest BCUT2D eigenvalue weighted by Gasteiger charge is -2.09. The van der Waals surface area contributed by atoms with Crippen molar-refractivity contribution < 1.29 is 9.47 Å². The van der Waals surface area contributed by atoms with E-state index in [-0.39, 0.29) is 0 Å². The van der Waals surface area contributed by atoms with Crippen LogP contribution in [-0.2, 0) is 6.61 Å². The minimum absolute atomic E-state index is 0.475.